The fourth-order valence-corrected chi connectivity index (χ4v) is 1.76. The van der Waals surface area contributed by atoms with Crippen LogP contribution in [0.5, 0.6) is 5.75 Å². The highest BCUT2D eigenvalue weighted by Crippen LogP contribution is 2.27. The van der Waals surface area contributed by atoms with Crippen LogP contribution in [0.1, 0.15) is 20.3 Å². The predicted octanol–water partition coefficient (Wildman–Crippen LogP) is 4.33. The van der Waals surface area contributed by atoms with Crippen LogP contribution in [0.4, 0.5) is 21.5 Å². The van der Waals surface area contributed by atoms with Crippen LogP contribution in [-0.4, -0.2) is 6.10 Å². The zero-order valence-electron chi connectivity index (χ0n) is 11.7. The quantitative estimate of drug-likeness (QED) is 0.798. The van der Waals surface area contributed by atoms with Gasteiger partial charge in [-0.2, -0.15) is 0 Å². The number of benzene rings is 2. The fraction of sp³-hybridized carbons (Fsp3) is 0.250. The van der Waals surface area contributed by atoms with E-state index in [2.05, 4.69) is 12.2 Å². The molecule has 0 radical (unpaired) electrons. The molecule has 2 rings (SSSR count). The maximum absolute atomic E-state index is 13.4. The molecule has 0 aromatic heterocycles. The lowest BCUT2D eigenvalue weighted by Crippen LogP contribution is -2.09. The number of nitrogens with one attached hydrogen (secondary N) is 1. The van der Waals surface area contributed by atoms with Gasteiger partial charge in [0.05, 0.1) is 17.5 Å². The molecule has 0 fully saturated rings. The molecular formula is C16H19FN2O. The Hall–Kier alpha value is -2.23. The average Bonchev–Trinajstić information content (AvgIpc) is 2.44. The van der Waals surface area contributed by atoms with Gasteiger partial charge in [-0.25, -0.2) is 4.39 Å². The first-order chi connectivity index (χ1) is 9.60. The third-order valence-corrected chi connectivity index (χ3v) is 3.08. The molecule has 3 N–H and O–H groups in total. The van der Waals surface area contributed by atoms with E-state index in [0.717, 1.165) is 17.9 Å². The molecule has 2 aromatic carbocycles. The second-order valence-electron chi connectivity index (χ2n) is 4.69. The summed E-state index contributed by atoms with van der Waals surface area (Å²) in [4.78, 5) is 0. The van der Waals surface area contributed by atoms with E-state index in [-0.39, 0.29) is 11.8 Å². The maximum atomic E-state index is 13.4. The minimum atomic E-state index is -0.429. The van der Waals surface area contributed by atoms with Crippen LogP contribution in [0, 0.1) is 5.82 Å². The molecule has 0 bridgehead atoms. The molecule has 0 aliphatic heterocycles. The Morgan fingerprint density at radius 2 is 2.00 bits per heavy atom. The zero-order valence-corrected chi connectivity index (χ0v) is 11.7. The molecule has 0 spiro atoms. The normalized spacial score (nSPS) is 11.9. The van der Waals surface area contributed by atoms with Gasteiger partial charge in [0.1, 0.15) is 11.6 Å². The number of para-hydroxylation sites is 1. The summed E-state index contributed by atoms with van der Waals surface area (Å²) in [5.74, 6) is 0.348. The van der Waals surface area contributed by atoms with Gasteiger partial charge in [0.2, 0.25) is 0 Å². The highest BCUT2D eigenvalue weighted by atomic mass is 19.1. The second-order valence-corrected chi connectivity index (χ2v) is 4.69. The first-order valence-corrected chi connectivity index (χ1v) is 6.68. The molecule has 2 aromatic rings. The average molecular weight is 274 g/mol. The Morgan fingerprint density at radius 1 is 1.25 bits per heavy atom. The fourth-order valence-electron chi connectivity index (χ4n) is 1.76. The lowest BCUT2D eigenvalue weighted by Gasteiger charge is -2.14. The van der Waals surface area contributed by atoms with Crippen molar-refractivity contribution in [2.24, 2.45) is 0 Å². The molecule has 0 saturated heterocycles. The van der Waals surface area contributed by atoms with Crippen LogP contribution in [0.15, 0.2) is 42.5 Å². The molecule has 3 nitrogen and oxygen atoms in total. The number of ether oxygens (including phenoxy) is 1. The van der Waals surface area contributed by atoms with Crippen LogP contribution >= 0.6 is 0 Å². The minimum Gasteiger partial charge on any atom is -0.491 e. The van der Waals surface area contributed by atoms with Gasteiger partial charge in [0, 0.05) is 11.8 Å². The summed E-state index contributed by atoms with van der Waals surface area (Å²) in [6, 6.07) is 12.2. The van der Waals surface area contributed by atoms with E-state index in [4.69, 9.17) is 10.5 Å². The minimum absolute atomic E-state index is 0.112. The standard InChI is InChI=1S/C16H19FN2O/c1-3-11(2)20-13-7-4-6-12(10-13)19-15-9-5-8-14(17)16(15)18/h4-11,19H,3,18H2,1-2H3. The number of hydrogen-bond donors (Lipinski definition) is 2. The Kier molecular flexibility index (Phi) is 4.45. The molecule has 106 valence electrons. The first-order valence-electron chi connectivity index (χ1n) is 6.68. The van der Waals surface area contributed by atoms with E-state index in [0.29, 0.717) is 5.69 Å². The van der Waals surface area contributed by atoms with E-state index in [1.165, 1.54) is 6.07 Å². The topological polar surface area (TPSA) is 47.3 Å². The van der Waals surface area contributed by atoms with E-state index in [1.807, 2.05) is 31.2 Å². The van der Waals surface area contributed by atoms with Crippen molar-refractivity contribution < 1.29 is 9.13 Å². The van der Waals surface area contributed by atoms with Crippen molar-refractivity contribution in [1.29, 1.82) is 0 Å². The molecule has 0 amide bonds. The number of nitrogen functional groups attached to an aromatic ring is 1. The summed E-state index contributed by atoms with van der Waals surface area (Å²) in [6.07, 6.45) is 1.10. The summed E-state index contributed by atoms with van der Waals surface area (Å²) in [6.45, 7) is 4.09. The van der Waals surface area contributed by atoms with E-state index in [9.17, 15) is 4.39 Å². The largest absolute Gasteiger partial charge is 0.491 e. The Balaban J connectivity index is 2.17. The number of rotatable bonds is 5. The Bertz CT molecular complexity index is 586. The summed E-state index contributed by atoms with van der Waals surface area (Å²) >= 11 is 0. The van der Waals surface area contributed by atoms with Crippen molar-refractivity contribution in [1.82, 2.24) is 0 Å². The van der Waals surface area contributed by atoms with Crippen molar-refractivity contribution in [3.63, 3.8) is 0 Å². The highest BCUT2D eigenvalue weighted by molar-refractivity contribution is 5.73. The van der Waals surface area contributed by atoms with Crippen LogP contribution in [0.25, 0.3) is 0 Å². The first kappa shape index (κ1) is 14.2. The summed E-state index contributed by atoms with van der Waals surface area (Å²) in [5, 5.41) is 3.10. The van der Waals surface area contributed by atoms with Gasteiger partial charge in [-0.05, 0) is 37.6 Å². The number of halogens is 1. The van der Waals surface area contributed by atoms with Gasteiger partial charge >= 0.3 is 0 Å². The van der Waals surface area contributed by atoms with Crippen molar-refractivity contribution in [2.45, 2.75) is 26.4 Å². The maximum Gasteiger partial charge on any atom is 0.148 e. The van der Waals surface area contributed by atoms with Gasteiger partial charge in [0.15, 0.2) is 0 Å². The third-order valence-electron chi connectivity index (χ3n) is 3.08. The van der Waals surface area contributed by atoms with Gasteiger partial charge < -0.3 is 15.8 Å². The number of nitrogens with two attached hydrogens (primary N) is 1. The SMILES string of the molecule is CCC(C)Oc1cccc(Nc2cccc(F)c2N)c1. The van der Waals surface area contributed by atoms with Gasteiger partial charge in [-0.3, -0.25) is 0 Å². The Labute approximate surface area is 118 Å². The second kappa shape index (κ2) is 6.28. The molecule has 0 aliphatic rings. The van der Waals surface area contributed by atoms with Gasteiger partial charge in [-0.15, -0.1) is 0 Å². The summed E-state index contributed by atoms with van der Waals surface area (Å²) in [5.41, 5.74) is 7.17. The van der Waals surface area contributed by atoms with Crippen LogP contribution in [0.2, 0.25) is 0 Å². The smallest absolute Gasteiger partial charge is 0.148 e. The van der Waals surface area contributed by atoms with Gasteiger partial charge in [0.25, 0.3) is 0 Å². The molecule has 0 saturated carbocycles. The molecule has 1 unspecified atom stereocenters. The van der Waals surface area contributed by atoms with Crippen molar-refractivity contribution in [3.05, 3.63) is 48.3 Å². The van der Waals surface area contributed by atoms with Crippen LogP contribution < -0.4 is 15.8 Å². The Morgan fingerprint density at radius 3 is 2.75 bits per heavy atom. The van der Waals surface area contributed by atoms with Crippen molar-refractivity contribution in [2.75, 3.05) is 11.1 Å². The lowest BCUT2D eigenvalue weighted by atomic mass is 10.2. The molecule has 0 aliphatic carbocycles. The lowest BCUT2D eigenvalue weighted by molar-refractivity contribution is 0.217. The zero-order chi connectivity index (χ0) is 14.5. The highest BCUT2D eigenvalue weighted by Gasteiger charge is 2.06. The van der Waals surface area contributed by atoms with Crippen molar-refractivity contribution >= 4 is 17.1 Å². The monoisotopic (exact) mass is 274 g/mol. The number of anilines is 3. The third kappa shape index (κ3) is 3.41. The molecule has 1 atom stereocenters. The number of hydrogen-bond acceptors (Lipinski definition) is 3. The molecule has 4 heteroatoms. The molecular weight excluding hydrogens is 255 g/mol. The van der Waals surface area contributed by atoms with E-state index in [1.54, 1.807) is 12.1 Å². The van der Waals surface area contributed by atoms with Gasteiger partial charge in [-0.1, -0.05) is 19.1 Å². The molecule has 20 heavy (non-hydrogen) atoms. The summed E-state index contributed by atoms with van der Waals surface area (Å²) in [7, 11) is 0. The van der Waals surface area contributed by atoms with Crippen molar-refractivity contribution in [3.8, 4) is 5.75 Å². The summed E-state index contributed by atoms with van der Waals surface area (Å²) < 4.78 is 19.1. The predicted molar refractivity (Wildman–Crippen MR) is 80.9 cm³/mol. The van der Waals surface area contributed by atoms with E-state index < -0.39 is 5.82 Å². The van der Waals surface area contributed by atoms with Crippen LogP contribution in [-0.2, 0) is 0 Å². The van der Waals surface area contributed by atoms with E-state index >= 15 is 0 Å². The molecule has 0 heterocycles. The van der Waals surface area contributed by atoms with Crippen LogP contribution in [0.3, 0.4) is 0 Å².